The van der Waals surface area contributed by atoms with E-state index in [0.717, 1.165) is 0 Å². The number of nitrogens with zero attached hydrogens (tertiary/aromatic N) is 2. The summed E-state index contributed by atoms with van der Waals surface area (Å²) in [4.78, 5) is 25.0. The Morgan fingerprint density at radius 1 is 1.20 bits per heavy atom. The molecule has 0 aliphatic heterocycles. The first-order valence-electron chi connectivity index (χ1n) is 5.02. The van der Waals surface area contributed by atoms with E-state index >= 15 is 0 Å². The van der Waals surface area contributed by atoms with Gasteiger partial charge in [0.15, 0.2) is 0 Å². The van der Waals surface area contributed by atoms with Crippen LogP contribution in [0.15, 0.2) is 0 Å². The zero-order valence-corrected chi connectivity index (χ0v) is 9.86. The molecule has 5 heteroatoms. The third kappa shape index (κ3) is 5.93. The summed E-state index contributed by atoms with van der Waals surface area (Å²) < 4.78 is 0. The molecule has 0 saturated carbocycles. The molecular weight excluding hydrogens is 196 g/mol. The third-order valence-electron chi connectivity index (χ3n) is 1.95. The van der Waals surface area contributed by atoms with Crippen LogP contribution in [-0.2, 0) is 4.79 Å². The van der Waals surface area contributed by atoms with Crippen LogP contribution in [0.25, 0.3) is 0 Å². The summed E-state index contributed by atoms with van der Waals surface area (Å²) in [6.07, 6.45) is -0.0161. The van der Waals surface area contributed by atoms with Gasteiger partial charge in [0.2, 0.25) is 0 Å². The molecule has 0 saturated heterocycles. The molecular formula is C10H20N2O3. The first-order chi connectivity index (χ1) is 6.84. The van der Waals surface area contributed by atoms with Gasteiger partial charge in [-0.3, -0.25) is 4.79 Å². The van der Waals surface area contributed by atoms with Gasteiger partial charge in [-0.1, -0.05) is 13.8 Å². The molecule has 0 aromatic rings. The highest BCUT2D eigenvalue weighted by molar-refractivity contribution is 5.74. The number of carbonyl (C=O) groups excluding carboxylic acids is 1. The Balaban J connectivity index is 4.01. The van der Waals surface area contributed by atoms with Gasteiger partial charge in [-0.25, -0.2) is 4.79 Å². The van der Waals surface area contributed by atoms with Crippen molar-refractivity contribution < 1.29 is 14.7 Å². The van der Waals surface area contributed by atoms with Crippen molar-refractivity contribution in [2.45, 2.75) is 20.3 Å². The largest absolute Gasteiger partial charge is 0.481 e. The smallest absolute Gasteiger partial charge is 0.319 e. The topological polar surface area (TPSA) is 60.9 Å². The standard InChI is InChI=1S/C10H20N2O3/c1-8(2)7-12(4)10(15)11(3)6-5-9(13)14/h8H,5-7H2,1-4H3,(H,13,14). The molecule has 0 fully saturated rings. The molecule has 88 valence electrons. The number of carbonyl (C=O) groups is 2. The van der Waals surface area contributed by atoms with Crippen LogP contribution < -0.4 is 0 Å². The van der Waals surface area contributed by atoms with Crippen molar-refractivity contribution in [1.82, 2.24) is 9.80 Å². The number of aliphatic carboxylic acids is 1. The highest BCUT2D eigenvalue weighted by Gasteiger charge is 2.15. The normalized spacial score (nSPS) is 10.2. The van der Waals surface area contributed by atoms with Crippen LogP contribution in [0.5, 0.6) is 0 Å². The fourth-order valence-corrected chi connectivity index (χ4v) is 1.28. The van der Waals surface area contributed by atoms with E-state index in [4.69, 9.17) is 5.11 Å². The average Bonchev–Trinajstić information content (AvgIpc) is 2.11. The van der Waals surface area contributed by atoms with Gasteiger partial charge in [-0.05, 0) is 5.92 Å². The fourth-order valence-electron chi connectivity index (χ4n) is 1.28. The first kappa shape index (κ1) is 13.7. The molecule has 0 bridgehead atoms. The van der Waals surface area contributed by atoms with E-state index in [1.54, 1.807) is 19.0 Å². The Morgan fingerprint density at radius 3 is 2.13 bits per heavy atom. The molecule has 0 spiro atoms. The predicted octanol–water partition coefficient (Wildman–Crippen LogP) is 1.10. The van der Waals surface area contributed by atoms with E-state index in [0.29, 0.717) is 12.5 Å². The maximum Gasteiger partial charge on any atom is 0.319 e. The number of carboxylic acid groups (broad SMARTS) is 1. The van der Waals surface area contributed by atoms with Crippen molar-refractivity contribution >= 4 is 12.0 Å². The summed E-state index contributed by atoms with van der Waals surface area (Å²) in [6, 6.07) is -0.134. The SMILES string of the molecule is CC(C)CN(C)C(=O)N(C)CCC(=O)O. The molecule has 0 atom stereocenters. The number of rotatable bonds is 5. The zero-order valence-electron chi connectivity index (χ0n) is 9.86. The van der Waals surface area contributed by atoms with Gasteiger partial charge in [0.05, 0.1) is 6.42 Å². The Morgan fingerprint density at radius 2 is 1.73 bits per heavy atom. The lowest BCUT2D eigenvalue weighted by Gasteiger charge is -2.25. The van der Waals surface area contributed by atoms with Crippen LogP contribution in [0.2, 0.25) is 0 Å². The van der Waals surface area contributed by atoms with Gasteiger partial charge in [-0.2, -0.15) is 0 Å². The van der Waals surface area contributed by atoms with E-state index in [1.165, 1.54) is 4.90 Å². The first-order valence-corrected chi connectivity index (χ1v) is 5.02. The van der Waals surface area contributed by atoms with E-state index in [-0.39, 0.29) is 19.0 Å². The van der Waals surface area contributed by atoms with Gasteiger partial charge in [0, 0.05) is 27.2 Å². The average molecular weight is 216 g/mol. The second-order valence-corrected chi connectivity index (χ2v) is 4.12. The minimum atomic E-state index is -0.888. The van der Waals surface area contributed by atoms with Crippen LogP contribution in [-0.4, -0.2) is 54.1 Å². The fraction of sp³-hybridized carbons (Fsp3) is 0.800. The molecule has 0 rings (SSSR count). The molecule has 5 nitrogen and oxygen atoms in total. The molecule has 0 heterocycles. The molecule has 1 N–H and O–H groups in total. The summed E-state index contributed by atoms with van der Waals surface area (Å²) in [5, 5.41) is 8.48. The van der Waals surface area contributed by atoms with Gasteiger partial charge in [0.1, 0.15) is 0 Å². The monoisotopic (exact) mass is 216 g/mol. The van der Waals surface area contributed by atoms with Crippen molar-refractivity contribution in [2.75, 3.05) is 27.2 Å². The molecule has 0 radical (unpaired) electrons. The minimum absolute atomic E-state index is 0.0161. The van der Waals surface area contributed by atoms with Gasteiger partial charge >= 0.3 is 12.0 Å². The van der Waals surface area contributed by atoms with Gasteiger partial charge in [0.25, 0.3) is 0 Å². The molecule has 0 aromatic carbocycles. The van der Waals surface area contributed by atoms with E-state index in [2.05, 4.69) is 0 Å². The second kappa shape index (κ2) is 6.27. The van der Waals surface area contributed by atoms with Crippen LogP contribution in [0, 0.1) is 5.92 Å². The van der Waals surface area contributed by atoms with E-state index in [9.17, 15) is 9.59 Å². The lowest BCUT2D eigenvalue weighted by atomic mass is 10.2. The third-order valence-corrected chi connectivity index (χ3v) is 1.95. The molecule has 15 heavy (non-hydrogen) atoms. The summed E-state index contributed by atoms with van der Waals surface area (Å²) >= 11 is 0. The highest BCUT2D eigenvalue weighted by Crippen LogP contribution is 2.00. The van der Waals surface area contributed by atoms with Crippen molar-refractivity contribution in [3.05, 3.63) is 0 Å². The number of carboxylic acids is 1. The number of urea groups is 1. The molecule has 0 aliphatic carbocycles. The second-order valence-electron chi connectivity index (χ2n) is 4.12. The van der Waals surface area contributed by atoms with Gasteiger partial charge < -0.3 is 14.9 Å². The summed E-state index contributed by atoms with van der Waals surface area (Å²) in [5.41, 5.74) is 0. The Bertz CT molecular complexity index is 229. The predicted molar refractivity (Wildman–Crippen MR) is 57.7 cm³/mol. The molecule has 0 aliphatic rings. The Kier molecular flexibility index (Phi) is 5.74. The molecule has 2 amide bonds. The van der Waals surface area contributed by atoms with Crippen LogP contribution in [0.1, 0.15) is 20.3 Å². The van der Waals surface area contributed by atoms with Crippen LogP contribution in [0.4, 0.5) is 4.79 Å². The van der Waals surface area contributed by atoms with Gasteiger partial charge in [-0.15, -0.1) is 0 Å². The number of amides is 2. The van der Waals surface area contributed by atoms with Crippen LogP contribution >= 0.6 is 0 Å². The van der Waals surface area contributed by atoms with Crippen molar-refractivity contribution in [2.24, 2.45) is 5.92 Å². The molecule has 0 unspecified atom stereocenters. The Hall–Kier alpha value is -1.26. The summed E-state index contributed by atoms with van der Waals surface area (Å²) in [5.74, 6) is -0.479. The number of hydrogen-bond acceptors (Lipinski definition) is 2. The quantitative estimate of drug-likeness (QED) is 0.748. The summed E-state index contributed by atoms with van der Waals surface area (Å²) in [6.45, 7) is 4.98. The summed E-state index contributed by atoms with van der Waals surface area (Å²) in [7, 11) is 3.34. The number of hydrogen-bond donors (Lipinski definition) is 1. The Labute approximate surface area is 90.7 Å². The van der Waals surface area contributed by atoms with E-state index in [1.807, 2.05) is 13.8 Å². The maximum atomic E-state index is 11.6. The molecule has 0 aromatic heterocycles. The minimum Gasteiger partial charge on any atom is -0.481 e. The van der Waals surface area contributed by atoms with Crippen molar-refractivity contribution in [1.29, 1.82) is 0 Å². The lowest BCUT2D eigenvalue weighted by Crippen LogP contribution is -2.41. The van der Waals surface area contributed by atoms with Crippen LogP contribution in [0.3, 0.4) is 0 Å². The zero-order chi connectivity index (χ0) is 12.0. The lowest BCUT2D eigenvalue weighted by molar-refractivity contribution is -0.137. The van der Waals surface area contributed by atoms with Crippen molar-refractivity contribution in [3.63, 3.8) is 0 Å². The highest BCUT2D eigenvalue weighted by atomic mass is 16.4. The van der Waals surface area contributed by atoms with Crippen molar-refractivity contribution in [3.8, 4) is 0 Å². The maximum absolute atomic E-state index is 11.6. The van der Waals surface area contributed by atoms with E-state index < -0.39 is 5.97 Å².